The Balaban J connectivity index is 0.00000156. The zero-order valence-corrected chi connectivity index (χ0v) is 13.7. The van der Waals surface area contributed by atoms with Gasteiger partial charge in [-0.3, -0.25) is 9.78 Å². The Morgan fingerprint density at radius 1 is 1.26 bits per heavy atom. The van der Waals surface area contributed by atoms with Gasteiger partial charge in [0.05, 0.1) is 12.2 Å². The van der Waals surface area contributed by atoms with Gasteiger partial charge in [0.1, 0.15) is 0 Å². The van der Waals surface area contributed by atoms with Crippen LogP contribution in [0.5, 0.6) is 0 Å². The number of nitrogens with zero attached hydrogens (tertiary/aromatic N) is 2. The lowest BCUT2D eigenvalue weighted by Gasteiger charge is -2.22. The van der Waals surface area contributed by atoms with E-state index in [0.29, 0.717) is 12.6 Å². The molecule has 0 spiro atoms. The van der Waals surface area contributed by atoms with Crippen molar-refractivity contribution in [1.82, 2.24) is 9.88 Å². The number of hydrogen-bond acceptors (Lipinski definition) is 3. The van der Waals surface area contributed by atoms with Crippen LogP contribution in [0.1, 0.15) is 34.5 Å². The van der Waals surface area contributed by atoms with Crippen molar-refractivity contribution in [2.45, 2.75) is 31.8 Å². The lowest BCUT2D eigenvalue weighted by Crippen LogP contribution is -2.33. The van der Waals surface area contributed by atoms with Crippen LogP contribution in [0.2, 0.25) is 0 Å². The maximum absolute atomic E-state index is 12.9. The van der Waals surface area contributed by atoms with Gasteiger partial charge in [0.2, 0.25) is 0 Å². The molecule has 2 aliphatic rings. The first-order valence-electron chi connectivity index (χ1n) is 7.89. The van der Waals surface area contributed by atoms with Gasteiger partial charge in [-0.2, -0.15) is 0 Å². The van der Waals surface area contributed by atoms with Crippen LogP contribution in [0, 0.1) is 0 Å². The van der Waals surface area contributed by atoms with Crippen LogP contribution >= 0.6 is 12.4 Å². The number of rotatable bonds is 4. The molecular formula is C18H20ClN3O. The molecule has 4 rings (SSSR count). The molecule has 120 valence electrons. The fourth-order valence-corrected chi connectivity index (χ4v) is 3.02. The van der Waals surface area contributed by atoms with Crippen LogP contribution in [0.25, 0.3) is 0 Å². The summed E-state index contributed by atoms with van der Waals surface area (Å²) >= 11 is 0. The molecule has 0 saturated heterocycles. The summed E-state index contributed by atoms with van der Waals surface area (Å²) in [6.45, 7) is 1.56. The molecule has 0 unspecified atom stereocenters. The van der Waals surface area contributed by atoms with Gasteiger partial charge in [0.25, 0.3) is 5.91 Å². The van der Waals surface area contributed by atoms with Crippen LogP contribution in [0.3, 0.4) is 0 Å². The zero-order chi connectivity index (χ0) is 14.9. The maximum atomic E-state index is 12.9. The fourth-order valence-electron chi connectivity index (χ4n) is 3.02. The van der Waals surface area contributed by atoms with Gasteiger partial charge in [-0.1, -0.05) is 6.07 Å². The Hall–Kier alpha value is -2.07. The summed E-state index contributed by atoms with van der Waals surface area (Å²) in [6.07, 6.45) is 4.99. The number of aromatic nitrogens is 1. The number of fused-ring (bicyclic) bond motifs is 1. The third-order valence-electron chi connectivity index (χ3n) is 4.37. The average Bonchev–Trinajstić information content (AvgIpc) is 3.29. The van der Waals surface area contributed by atoms with Gasteiger partial charge >= 0.3 is 0 Å². The monoisotopic (exact) mass is 329 g/mol. The Kier molecular flexibility index (Phi) is 4.53. The van der Waals surface area contributed by atoms with E-state index in [4.69, 9.17) is 0 Å². The van der Waals surface area contributed by atoms with E-state index >= 15 is 0 Å². The standard InChI is InChI=1S/C18H19N3O.ClH/c22-18(14-4-7-17-13(11-14)8-10-20-17)21(16-5-6-16)12-15-3-1-2-9-19-15;/h1-4,7,9,11,16,20H,5-6,8,10,12H2;1H. The van der Waals surface area contributed by atoms with E-state index in [1.54, 1.807) is 6.20 Å². The molecule has 5 heteroatoms. The largest absolute Gasteiger partial charge is 0.384 e. The summed E-state index contributed by atoms with van der Waals surface area (Å²) in [5.41, 5.74) is 4.16. The normalized spacial score (nSPS) is 15.3. The average molecular weight is 330 g/mol. The number of carbonyl (C=O) groups excluding carboxylic acids is 1. The van der Waals surface area contributed by atoms with E-state index in [0.717, 1.165) is 37.1 Å². The summed E-state index contributed by atoms with van der Waals surface area (Å²) in [6, 6.07) is 12.2. The van der Waals surface area contributed by atoms with E-state index < -0.39 is 0 Å². The molecule has 1 aliphatic heterocycles. The van der Waals surface area contributed by atoms with Crippen molar-refractivity contribution in [3.8, 4) is 0 Å². The number of pyridine rings is 1. The van der Waals surface area contributed by atoms with Crippen LogP contribution < -0.4 is 5.32 Å². The van der Waals surface area contributed by atoms with Crippen molar-refractivity contribution in [3.05, 3.63) is 59.4 Å². The molecule has 1 aliphatic carbocycles. The van der Waals surface area contributed by atoms with Crippen molar-refractivity contribution in [1.29, 1.82) is 0 Å². The Morgan fingerprint density at radius 3 is 2.87 bits per heavy atom. The number of amides is 1. The van der Waals surface area contributed by atoms with E-state index in [-0.39, 0.29) is 18.3 Å². The molecule has 1 N–H and O–H groups in total. The zero-order valence-electron chi connectivity index (χ0n) is 12.9. The third kappa shape index (κ3) is 3.32. The second-order valence-corrected chi connectivity index (χ2v) is 6.03. The van der Waals surface area contributed by atoms with E-state index in [1.807, 2.05) is 41.3 Å². The lowest BCUT2D eigenvalue weighted by molar-refractivity contribution is 0.0727. The molecule has 0 bridgehead atoms. The molecule has 4 nitrogen and oxygen atoms in total. The highest BCUT2D eigenvalue weighted by Gasteiger charge is 2.33. The summed E-state index contributed by atoms with van der Waals surface area (Å²) in [5, 5.41) is 3.34. The van der Waals surface area contributed by atoms with Crippen molar-refractivity contribution < 1.29 is 4.79 Å². The molecule has 2 aromatic rings. The van der Waals surface area contributed by atoms with Crippen molar-refractivity contribution in [2.75, 3.05) is 11.9 Å². The summed E-state index contributed by atoms with van der Waals surface area (Å²) < 4.78 is 0. The van der Waals surface area contributed by atoms with Gasteiger partial charge in [0.15, 0.2) is 0 Å². The van der Waals surface area contributed by atoms with Gasteiger partial charge in [-0.15, -0.1) is 12.4 Å². The van der Waals surface area contributed by atoms with Crippen LogP contribution in [-0.4, -0.2) is 28.4 Å². The topological polar surface area (TPSA) is 45.2 Å². The molecular weight excluding hydrogens is 310 g/mol. The molecule has 23 heavy (non-hydrogen) atoms. The highest BCUT2D eigenvalue weighted by molar-refractivity contribution is 5.95. The SMILES string of the molecule is Cl.O=C(c1ccc2c(c1)CCN2)N(Cc1ccccn1)C1CC1. The first-order chi connectivity index (χ1) is 10.8. The Labute approximate surface area is 142 Å². The predicted octanol–water partition coefficient (Wildman–Crippen LogP) is 3.28. The highest BCUT2D eigenvalue weighted by Crippen LogP contribution is 2.31. The van der Waals surface area contributed by atoms with Crippen molar-refractivity contribution >= 4 is 24.0 Å². The van der Waals surface area contributed by atoms with Crippen LogP contribution in [0.4, 0.5) is 5.69 Å². The van der Waals surface area contributed by atoms with Gasteiger partial charge in [0, 0.05) is 30.0 Å². The van der Waals surface area contributed by atoms with Gasteiger partial charge in [-0.25, -0.2) is 0 Å². The van der Waals surface area contributed by atoms with Gasteiger partial charge < -0.3 is 10.2 Å². The number of halogens is 1. The Bertz CT molecular complexity index is 701. The molecule has 1 aromatic carbocycles. The summed E-state index contributed by atoms with van der Waals surface area (Å²) in [5.74, 6) is 0.128. The smallest absolute Gasteiger partial charge is 0.254 e. The van der Waals surface area contributed by atoms with Crippen molar-refractivity contribution in [3.63, 3.8) is 0 Å². The first kappa shape index (κ1) is 15.8. The van der Waals surface area contributed by atoms with Crippen LogP contribution in [-0.2, 0) is 13.0 Å². The Morgan fingerprint density at radius 2 is 2.13 bits per heavy atom. The second kappa shape index (κ2) is 6.59. The minimum Gasteiger partial charge on any atom is -0.384 e. The molecule has 0 radical (unpaired) electrons. The highest BCUT2D eigenvalue weighted by atomic mass is 35.5. The molecule has 1 amide bonds. The molecule has 1 saturated carbocycles. The second-order valence-electron chi connectivity index (χ2n) is 6.03. The van der Waals surface area contributed by atoms with E-state index in [1.165, 1.54) is 11.3 Å². The summed E-state index contributed by atoms with van der Waals surface area (Å²) in [4.78, 5) is 19.2. The number of benzene rings is 1. The fraction of sp³-hybridized carbons (Fsp3) is 0.333. The number of nitrogens with one attached hydrogen (secondary N) is 1. The minimum atomic E-state index is 0. The molecule has 2 heterocycles. The van der Waals surface area contributed by atoms with E-state index in [9.17, 15) is 4.79 Å². The van der Waals surface area contributed by atoms with Crippen LogP contribution in [0.15, 0.2) is 42.6 Å². The first-order valence-corrected chi connectivity index (χ1v) is 7.89. The third-order valence-corrected chi connectivity index (χ3v) is 4.37. The minimum absolute atomic E-state index is 0. The molecule has 0 atom stereocenters. The number of hydrogen-bond donors (Lipinski definition) is 1. The van der Waals surface area contributed by atoms with Gasteiger partial charge in [-0.05, 0) is 55.2 Å². The summed E-state index contributed by atoms with van der Waals surface area (Å²) in [7, 11) is 0. The quantitative estimate of drug-likeness (QED) is 0.936. The van der Waals surface area contributed by atoms with E-state index in [2.05, 4.69) is 10.3 Å². The number of anilines is 1. The maximum Gasteiger partial charge on any atom is 0.254 e. The predicted molar refractivity (Wildman–Crippen MR) is 93.0 cm³/mol. The number of carbonyl (C=O) groups is 1. The molecule has 1 aromatic heterocycles. The lowest BCUT2D eigenvalue weighted by atomic mass is 10.1. The van der Waals surface area contributed by atoms with Crippen molar-refractivity contribution in [2.24, 2.45) is 0 Å². The molecule has 1 fully saturated rings.